The molecule has 1 aliphatic rings. The maximum Gasteiger partial charge on any atom is 0.133 e. The Morgan fingerprint density at radius 2 is 2.21 bits per heavy atom. The Kier molecular flexibility index (Phi) is 1.60. The largest absolute Gasteiger partial charge is 0.464 e. The number of benzene rings is 1. The third-order valence-corrected chi connectivity index (χ3v) is 2.62. The van der Waals surface area contributed by atoms with E-state index in [1.165, 1.54) is 11.3 Å². The average molecular weight is 185 g/mol. The van der Waals surface area contributed by atoms with Crippen molar-refractivity contribution in [1.82, 2.24) is 0 Å². The van der Waals surface area contributed by atoms with Gasteiger partial charge in [0.05, 0.1) is 6.26 Å². The summed E-state index contributed by atoms with van der Waals surface area (Å²) < 4.78 is 5.36. The van der Waals surface area contributed by atoms with Gasteiger partial charge in [0.2, 0.25) is 0 Å². The number of hydrogen-bond donors (Lipinski definition) is 1. The van der Waals surface area contributed by atoms with Crippen LogP contribution in [0.25, 0.3) is 11.3 Å². The van der Waals surface area contributed by atoms with Crippen molar-refractivity contribution in [3.05, 3.63) is 42.2 Å². The van der Waals surface area contributed by atoms with Crippen molar-refractivity contribution in [2.75, 3.05) is 11.9 Å². The summed E-state index contributed by atoms with van der Waals surface area (Å²) in [6.45, 7) is 1.05. The summed E-state index contributed by atoms with van der Waals surface area (Å²) in [6, 6.07) is 10.3. The molecule has 0 fully saturated rings. The summed E-state index contributed by atoms with van der Waals surface area (Å²) in [4.78, 5) is 0. The Hall–Kier alpha value is -1.70. The van der Waals surface area contributed by atoms with Crippen LogP contribution in [0.15, 0.2) is 41.0 Å². The summed E-state index contributed by atoms with van der Waals surface area (Å²) in [5.41, 5.74) is 3.82. The smallest absolute Gasteiger partial charge is 0.133 e. The Bertz CT molecular complexity index is 445. The molecule has 14 heavy (non-hydrogen) atoms. The SMILES string of the molecule is c1coc(-c2ccc3c(c2)CCN3)c1. The molecule has 0 radical (unpaired) electrons. The lowest BCUT2D eigenvalue weighted by Gasteiger charge is -2.01. The summed E-state index contributed by atoms with van der Waals surface area (Å²) in [5.74, 6) is 0.944. The highest BCUT2D eigenvalue weighted by Gasteiger charge is 2.11. The topological polar surface area (TPSA) is 25.2 Å². The van der Waals surface area contributed by atoms with E-state index in [-0.39, 0.29) is 0 Å². The molecular formula is C12H11NO. The minimum absolute atomic E-state index is 0.944. The van der Waals surface area contributed by atoms with Crippen LogP contribution in [0.5, 0.6) is 0 Å². The van der Waals surface area contributed by atoms with Crippen LogP contribution in [0.3, 0.4) is 0 Å². The number of hydrogen-bond acceptors (Lipinski definition) is 2. The molecule has 1 N–H and O–H groups in total. The Morgan fingerprint density at radius 1 is 1.21 bits per heavy atom. The van der Waals surface area contributed by atoms with E-state index in [1.807, 2.05) is 12.1 Å². The van der Waals surface area contributed by atoms with E-state index in [4.69, 9.17) is 4.42 Å². The van der Waals surface area contributed by atoms with Gasteiger partial charge >= 0.3 is 0 Å². The first kappa shape index (κ1) is 7.68. The molecule has 3 rings (SSSR count). The molecule has 0 atom stereocenters. The van der Waals surface area contributed by atoms with Crippen LogP contribution in [-0.2, 0) is 6.42 Å². The van der Waals surface area contributed by atoms with Crippen LogP contribution in [0.4, 0.5) is 5.69 Å². The molecule has 2 nitrogen and oxygen atoms in total. The zero-order valence-corrected chi connectivity index (χ0v) is 7.79. The molecule has 2 heteroatoms. The highest BCUT2D eigenvalue weighted by Crippen LogP contribution is 2.28. The molecule has 0 saturated heterocycles. The summed E-state index contributed by atoms with van der Waals surface area (Å²) in [7, 11) is 0. The van der Waals surface area contributed by atoms with Crippen molar-refractivity contribution in [1.29, 1.82) is 0 Å². The normalized spacial score (nSPS) is 13.7. The Balaban J connectivity index is 2.09. The third-order valence-electron chi connectivity index (χ3n) is 2.62. The lowest BCUT2D eigenvalue weighted by Crippen LogP contribution is -1.90. The zero-order valence-electron chi connectivity index (χ0n) is 7.79. The van der Waals surface area contributed by atoms with E-state index >= 15 is 0 Å². The van der Waals surface area contributed by atoms with Crippen LogP contribution >= 0.6 is 0 Å². The van der Waals surface area contributed by atoms with Gasteiger partial charge in [-0.1, -0.05) is 0 Å². The van der Waals surface area contributed by atoms with Gasteiger partial charge in [0.15, 0.2) is 0 Å². The minimum atomic E-state index is 0.944. The monoisotopic (exact) mass is 185 g/mol. The highest BCUT2D eigenvalue weighted by atomic mass is 16.3. The molecule has 1 aliphatic heterocycles. The lowest BCUT2D eigenvalue weighted by molar-refractivity contribution is 0.582. The van der Waals surface area contributed by atoms with Crippen molar-refractivity contribution in [3.63, 3.8) is 0 Å². The van der Waals surface area contributed by atoms with Crippen LogP contribution < -0.4 is 5.32 Å². The van der Waals surface area contributed by atoms with Crippen molar-refractivity contribution in [3.8, 4) is 11.3 Å². The predicted octanol–water partition coefficient (Wildman–Crippen LogP) is 2.91. The fourth-order valence-corrected chi connectivity index (χ4v) is 1.90. The first-order valence-electron chi connectivity index (χ1n) is 4.84. The minimum Gasteiger partial charge on any atom is -0.464 e. The van der Waals surface area contributed by atoms with Crippen LogP contribution in [0, 0.1) is 0 Å². The molecule has 1 aromatic carbocycles. The van der Waals surface area contributed by atoms with E-state index in [2.05, 4.69) is 23.5 Å². The summed E-state index contributed by atoms with van der Waals surface area (Å²) in [5, 5.41) is 3.34. The lowest BCUT2D eigenvalue weighted by atomic mass is 10.1. The van der Waals surface area contributed by atoms with Crippen LogP contribution in [-0.4, -0.2) is 6.54 Å². The fourth-order valence-electron chi connectivity index (χ4n) is 1.90. The van der Waals surface area contributed by atoms with E-state index in [1.54, 1.807) is 6.26 Å². The van der Waals surface area contributed by atoms with Gasteiger partial charge in [-0.25, -0.2) is 0 Å². The van der Waals surface area contributed by atoms with Crippen molar-refractivity contribution in [2.45, 2.75) is 6.42 Å². The van der Waals surface area contributed by atoms with Gasteiger partial charge in [0.25, 0.3) is 0 Å². The second-order valence-electron chi connectivity index (χ2n) is 3.53. The zero-order chi connectivity index (χ0) is 9.38. The van der Waals surface area contributed by atoms with Gasteiger partial charge in [-0.15, -0.1) is 0 Å². The number of anilines is 1. The quantitative estimate of drug-likeness (QED) is 0.739. The van der Waals surface area contributed by atoms with Crippen molar-refractivity contribution >= 4 is 5.69 Å². The van der Waals surface area contributed by atoms with Crippen molar-refractivity contribution in [2.24, 2.45) is 0 Å². The number of furan rings is 1. The van der Waals surface area contributed by atoms with E-state index in [9.17, 15) is 0 Å². The molecule has 0 bridgehead atoms. The second kappa shape index (κ2) is 2.91. The highest BCUT2D eigenvalue weighted by molar-refractivity contribution is 5.66. The summed E-state index contributed by atoms with van der Waals surface area (Å²) >= 11 is 0. The van der Waals surface area contributed by atoms with Gasteiger partial charge in [-0.05, 0) is 42.3 Å². The van der Waals surface area contributed by atoms with Gasteiger partial charge in [-0.2, -0.15) is 0 Å². The third kappa shape index (κ3) is 1.11. The maximum atomic E-state index is 5.36. The molecule has 2 heterocycles. The van der Waals surface area contributed by atoms with Crippen LogP contribution in [0.2, 0.25) is 0 Å². The summed E-state index contributed by atoms with van der Waals surface area (Å²) in [6.07, 6.45) is 2.82. The van der Waals surface area contributed by atoms with E-state index < -0.39 is 0 Å². The number of fused-ring (bicyclic) bond motifs is 1. The second-order valence-corrected chi connectivity index (χ2v) is 3.53. The maximum absolute atomic E-state index is 5.36. The molecule has 0 aliphatic carbocycles. The number of rotatable bonds is 1. The van der Waals surface area contributed by atoms with Gasteiger partial charge in [-0.3, -0.25) is 0 Å². The molecule has 0 saturated carbocycles. The average Bonchev–Trinajstić information content (AvgIpc) is 2.88. The molecule has 0 amide bonds. The Morgan fingerprint density at radius 3 is 3.07 bits per heavy atom. The standard InChI is InChI=1S/C12H11NO/c1-2-12(14-7-1)10-3-4-11-9(8-10)5-6-13-11/h1-4,7-8,13H,5-6H2. The van der Waals surface area contributed by atoms with Gasteiger partial charge in [0, 0.05) is 17.8 Å². The molecule has 70 valence electrons. The number of nitrogens with one attached hydrogen (secondary N) is 1. The van der Waals surface area contributed by atoms with Crippen molar-refractivity contribution < 1.29 is 4.42 Å². The first-order chi connectivity index (χ1) is 6.93. The van der Waals surface area contributed by atoms with Crippen LogP contribution in [0.1, 0.15) is 5.56 Å². The van der Waals surface area contributed by atoms with Gasteiger partial charge in [0.1, 0.15) is 5.76 Å². The molecule has 0 unspecified atom stereocenters. The first-order valence-corrected chi connectivity index (χ1v) is 4.84. The Labute approximate surface area is 82.6 Å². The predicted molar refractivity (Wildman–Crippen MR) is 56.3 cm³/mol. The van der Waals surface area contributed by atoms with E-state index in [0.29, 0.717) is 0 Å². The van der Waals surface area contributed by atoms with Gasteiger partial charge < -0.3 is 9.73 Å². The fraction of sp³-hybridized carbons (Fsp3) is 0.167. The molecule has 2 aromatic rings. The molecular weight excluding hydrogens is 174 g/mol. The molecule has 1 aromatic heterocycles. The van der Waals surface area contributed by atoms with E-state index in [0.717, 1.165) is 24.3 Å². The molecule has 0 spiro atoms.